The molecular formula is C10H13Cl2NOSi. The molecule has 0 heterocycles. The minimum atomic E-state index is -2.30. The summed E-state index contributed by atoms with van der Waals surface area (Å²) in [6.45, 7) is -0.466. The number of amides is 1. The molecule has 0 fully saturated rings. The van der Waals surface area contributed by atoms with Gasteiger partial charge in [-0.15, -0.1) is 22.2 Å². The quantitative estimate of drug-likeness (QED) is 0.590. The summed E-state index contributed by atoms with van der Waals surface area (Å²) in [5.74, 6) is -0.0194. The van der Waals surface area contributed by atoms with E-state index in [1.54, 1.807) is 26.2 Å². The van der Waals surface area contributed by atoms with Crippen molar-refractivity contribution < 1.29 is 4.79 Å². The first kappa shape index (κ1) is 12.6. The SMILES string of the molecule is CN(C)C(=O)c1ccc([Si](C)(Cl)Cl)cc1. The molecule has 0 bridgehead atoms. The Morgan fingerprint density at radius 1 is 1.20 bits per heavy atom. The van der Waals surface area contributed by atoms with Crippen molar-refractivity contribution in [1.29, 1.82) is 0 Å². The largest absolute Gasteiger partial charge is 0.345 e. The van der Waals surface area contributed by atoms with E-state index in [-0.39, 0.29) is 5.91 Å². The minimum Gasteiger partial charge on any atom is -0.345 e. The lowest BCUT2D eigenvalue weighted by Crippen LogP contribution is -2.32. The van der Waals surface area contributed by atoms with Crippen LogP contribution in [0.3, 0.4) is 0 Å². The first-order valence-electron chi connectivity index (χ1n) is 4.52. The molecule has 0 N–H and O–H groups in total. The van der Waals surface area contributed by atoms with E-state index in [1.165, 1.54) is 4.90 Å². The Morgan fingerprint density at radius 3 is 2.00 bits per heavy atom. The Morgan fingerprint density at radius 2 is 1.67 bits per heavy atom. The monoisotopic (exact) mass is 261 g/mol. The number of nitrogens with zero attached hydrogens (tertiary/aromatic N) is 1. The molecule has 0 atom stereocenters. The lowest BCUT2D eigenvalue weighted by molar-refractivity contribution is 0.0827. The van der Waals surface area contributed by atoms with E-state index in [1.807, 2.05) is 18.7 Å². The number of benzene rings is 1. The zero-order chi connectivity index (χ0) is 11.6. The number of halogens is 2. The highest BCUT2D eigenvalue weighted by atomic mass is 35.7. The van der Waals surface area contributed by atoms with E-state index in [0.29, 0.717) is 5.56 Å². The fourth-order valence-electron chi connectivity index (χ4n) is 1.16. The zero-order valence-corrected chi connectivity index (χ0v) is 11.4. The van der Waals surface area contributed by atoms with Crippen molar-refractivity contribution >= 4 is 39.9 Å². The number of hydrogen-bond acceptors (Lipinski definition) is 1. The Kier molecular flexibility index (Phi) is 3.81. The van der Waals surface area contributed by atoms with Gasteiger partial charge in [-0.05, 0) is 23.9 Å². The maximum atomic E-state index is 11.6. The maximum Gasteiger partial charge on any atom is 0.277 e. The molecule has 0 radical (unpaired) electrons. The van der Waals surface area contributed by atoms with Crippen molar-refractivity contribution in [3.63, 3.8) is 0 Å². The third-order valence-electron chi connectivity index (χ3n) is 2.04. The summed E-state index contributed by atoms with van der Waals surface area (Å²) in [5.41, 5.74) is 0.648. The van der Waals surface area contributed by atoms with E-state index < -0.39 is 6.69 Å². The minimum absolute atomic E-state index is 0.0194. The van der Waals surface area contributed by atoms with E-state index in [2.05, 4.69) is 0 Å². The normalized spacial score (nSPS) is 11.3. The third kappa shape index (κ3) is 3.23. The predicted molar refractivity (Wildman–Crippen MR) is 67.4 cm³/mol. The van der Waals surface area contributed by atoms with E-state index in [9.17, 15) is 4.79 Å². The number of rotatable bonds is 2. The molecule has 0 aliphatic rings. The van der Waals surface area contributed by atoms with Crippen LogP contribution in [-0.2, 0) is 0 Å². The van der Waals surface area contributed by atoms with Gasteiger partial charge in [0.05, 0.1) is 0 Å². The highest BCUT2D eigenvalue weighted by Crippen LogP contribution is 2.14. The van der Waals surface area contributed by atoms with Crippen molar-refractivity contribution in [2.24, 2.45) is 0 Å². The smallest absolute Gasteiger partial charge is 0.277 e. The van der Waals surface area contributed by atoms with Gasteiger partial charge in [-0.25, -0.2) is 0 Å². The second kappa shape index (κ2) is 4.55. The average Bonchev–Trinajstić information content (AvgIpc) is 2.15. The molecular weight excluding hydrogens is 249 g/mol. The first-order chi connectivity index (χ1) is 6.82. The van der Waals surface area contributed by atoms with Crippen LogP contribution in [0.1, 0.15) is 10.4 Å². The van der Waals surface area contributed by atoms with Gasteiger partial charge in [0.15, 0.2) is 0 Å². The molecule has 0 aromatic heterocycles. The summed E-state index contributed by atoms with van der Waals surface area (Å²) in [4.78, 5) is 13.1. The molecule has 0 saturated heterocycles. The van der Waals surface area contributed by atoms with Crippen molar-refractivity contribution in [3.8, 4) is 0 Å². The van der Waals surface area contributed by atoms with Crippen LogP contribution in [0.15, 0.2) is 24.3 Å². The van der Waals surface area contributed by atoms with Crippen molar-refractivity contribution in [2.45, 2.75) is 6.55 Å². The molecule has 0 spiro atoms. The van der Waals surface area contributed by atoms with Gasteiger partial charge in [-0.3, -0.25) is 4.79 Å². The van der Waals surface area contributed by atoms with Gasteiger partial charge in [0.2, 0.25) is 0 Å². The van der Waals surface area contributed by atoms with Gasteiger partial charge in [0.25, 0.3) is 12.6 Å². The Balaban J connectivity index is 2.96. The van der Waals surface area contributed by atoms with E-state index in [4.69, 9.17) is 22.2 Å². The molecule has 1 amide bonds. The highest BCUT2D eigenvalue weighted by Gasteiger charge is 2.23. The number of hydrogen-bond donors (Lipinski definition) is 0. The molecule has 2 nitrogen and oxygen atoms in total. The molecule has 0 aliphatic heterocycles. The molecule has 1 rings (SSSR count). The number of carbonyl (C=O) groups is 1. The standard InChI is InChI=1S/C10H13Cl2NOSi/c1-13(2)10(14)8-4-6-9(7-5-8)15(3,11)12/h4-7H,1-3H3. The number of carbonyl (C=O) groups excluding carboxylic acids is 1. The van der Waals surface area contributed by atoms with Gasteiger partial charge < -0.3 is 4.90 Å². The van der Waals surface area contributed by atoms with Gasteiger partial charge in [0, 0.05) is 19.7 Å². The second-order valence-corrected chi connectivity index (χ2v) is 11.1. The molecule has 0 unspecified atom stereocenters. The summed E-state index contributed by atoms with van der Waals surface area (Å²) in [6, 6.07) is 7.16. The molecule has 82 valence electrons. The van der Waals surface area contributed by atoms with Gasteiger partial charge in [0.1, 0.15) is 0 Å². The van der Waals surface area contributed by atoms with Gasteiger partial charge >= 0.3 is 0 Å². The third-order valence-corrected chi connectivity index (χ3v) is 4.70. The van der Waals surface area contributed by atoms with Gasteiger partial charge in [-0.1, -0.05) is 12.1 Å². The van der Waals surface area contributed by atoms with Crippen LogP contribution < -0.4 is 5.19 Å². The average molecular weight is 262 g/mol. The van der Waals surface area contributed by atoms with Gasteiger partial charge in [-0.2, -0.15) is 0 Å². The summed E-state index contributed by atoms with van der Waals surface area (Å²) >= 11 is 12.1. The van der Waals surface area contributed by atoms with Crippen LogP contribution >= 0.6 is 22.2 Å². The highest BCUT2D eigenvalue weighted by molar-refractivity contribution is 7.50. The van der Waals surface area contributed by atoms with Crippen molar-refractivity contribution in [1.82, 2.24) is 4.90 Å². The maximum absolute atomic E-state index is 11.6. The summed E-state index contributed by atoms with van der Waals surface area (Å²) in [5, 5.41) is 0.918. The molecule has 1 aromatic rings. The van der Waals surface area contributed by atoms with Crippen molar-refractivity contribution in [3.05, 3.63) is 29.8 Å². The molecule has 5 heteroatoms. The Bertz CT molecular complexity index is 357. The summed E-state index contributed by atoms with van der Waals surface area (Å²) < 4.78 is 0. The molecule has 15 heavy (non-hydrogen) atoms. The van der Waals surface area contributed by atoms with Crippen LogP contribution in [0.4, 0.5) is 0 Å². The zero-order valence-electron chi connectivity index (χ0n) is 8.92. The molecule has 0 saturated carbocycles. The summed E-state index contributed by atoms with van der Waals surface area (Å²) in [7, 11) is 3.44. The van der Waals surface area contributed by atoms with E-state index >= 15 is 0 Å². The lowest BCUT2D eigenvalue weighted by atomic mass is 10.2. The topological polar surface area (TPSA) is 20.3 Å². The first-order valence-corrected chi connectivity index (χ1v) is 9.05. The van der Waals surface area contributed by atoms with Crippen LogP contribution in [0, 0.1) is 0 Å². The van der Waals surface area contributed by atoms with Crippen LogP contribution in [0.5, 0.6) is 0 Å². The van der Waals surface area contributed by atoms with Crippen LogP contribution in [0.25, 0.3) is 0 Å². The van der Waals surface area contributed by atoms with E-state index in [0.717, 1.165) is 5.19 Å². The fraction of sp³-hybridized carbons (Fsp3) is 0.300. The Hall–Kier alpha value is -0.513. The van der Waals surface area contributed by atoms with Crippen LogP contribution in [0.2, 0.25) is 6.55 Å². The molecule has 1 aromatic carbocycles. The van der Waals surface area contributed by atoms with Crippen molar-refractivity contribution in [2.75, 3.05) is 14.1 Å². The second-order valence-electron chi connectivity index (χ2n) is 3.67. The lowest BCUT2D eigenvalue weighted by Gasteiger charge is -2.13. The molecule has 0 aliphatic carbocycles. The predicted octanol–water partition coefficient (Wildman–Crippen LogP) is 2.15. The Labute approximate surface area is 100 Å². The van der Waals surface area contributed by atoms with Crippen LogP contribution in [-0.4, -0.2) is 31.6 Å². The summed E-state index contributed by atoms with van der Waals surface area (Å²) in [6.07, 6.45) is 0. The fourth-order valence-corrected chi connectivity index (χ4v) is 2.67.